The van der Waals surface area contributed by atoms with Crippen LogP contribution in [0.2, 0.25) is 5.15 Å². The Kier molecular flexibility index (Phi) is 3.16. The van der Waals surface area contributed by atoms with E-state index >= 15 is 0 Å². The highest BCUT2D eigenvalue weighted by Gasteiger charge is 2.26. The second-order valence-corrected chi connectivity index (χ2v) is 5.17. The molecule has 100 valence electrons. The van der Waals surface area contributed by atoms with Crippen LogP contribution >= 0.6 is 11.6 Å². The summed E-state index contributed by atoms with van der Waals surface area (Å²) in [7, 11) is 0. The molecular weight excluding hydrogens is 264 g/mol. The molecule has 5 nitrogen and oxygen atoms in total. The molecule has 0 atom stereocenters. The van der Waals surface area contributed by atoms with Crippen LogP contribution in [-0.2, 0) is 0 Å². The third kappa shape index (κ3) is 2.19. The number of imidazole rings is 1. The van der Waals surface area contributed by atoms with Gasteiger partial charge in [0.25, 0.3) is 5.91 Å². The van der Waals surface area contributed by atoms with Gasteiger partial charge in [-0.15, -0.1) is 0 Å². The maximum atomic E-state index is 12.5. The van der Waals surface area contributed by atoms with Crippen LogP contribution < -0.4 is 5.73 Å². The van der Waals surface area contributed by atoms with Crippen molar-refractivity contribution in [3.63, 3.8) is 0 Å². The summed E-state index contributed by atoms with van der Waals surface area (Å²) < 4.78 is 1.74. The van der Waals surface area contributed by atoms with E-state index in [-0.39, 0.29) is 17.1 Å². The number of fused-ring (bicyclic) bond motifs is 1. The average Bonchev–Trinajstić information content (AvgIpc) is 2.74. The van der Waals surface area contributed by atoms with Gasteiger partial charge >= 0.3 is 0 Å². The van der Waals surface area contributed by atoms with Gasteiger partial charge in [0.15, 0.2) is 10.8 Å². The first-order valence-corrected chi connectivity index (χ1v) is 6.72. The third-order valence-corrected chi connectivity index (χ3v) is 3.78. The van der Waals surface area contributed by atoms with Crippen molar-refractivity contribution in [3.05, 3.63) is 35.2 Å². The van der Waals surface area contributed by atoms with Crippen molar-refractivity contribution in [2.75, 3.05) is 13.1 Å². The molecule has 0 aliphatic carbocycles. The fourth-order valence-corrected chi connectivity index (χ4v) is 2.67. The topological polar surface area (TPSA) is 63.6 Å². The molecule has 0 radical (unpaired) electrons. The van der Waals surface area contributed by atoms with Crippen molar-refractivity contribution >= 4 is 23.2 Å². The number of nitrogens with two attached hydrogens (primary N) is 1. The highest BCUT2D eigenvalue weighted by Crippen LogP contribution is 2.21. The quantitative estimate of drug-likeness (QED) is 0.861. The van der Waals surface area contributed by atoms with E-state index in [1.165, 1.54) is 0 Å². The van der Waals surface area contributed by atoms with Crippen LogP contribution in [0.1, 0.15) is 23.3 Å². The fourth-order valence-electron chi connectivity index (χ4n) is 2.41. The van der Waals surface area contributed by atoms with E-state index in [2.05, 4.69) is 4.98 Å². The molecule has 0 unspecified atom stereocenters. The number of carbonyl (C=O) groups excluding carboxylic acids is 1. The number of hydrogen-bond donors (Lipinski definition) is 1. The van der Waals surface area contributed by atoms with Crippen LogP contribution in [0.5, 0.6) is 0 Å². The van der Waals surface area contributed by atoms with Crippen molar-refractivity contribution in [3.8, 4) is 0 Å². The Morgan fingerprint density at radius 2 is 2.11 bits per heavy atom. The fraction of sp³-hybridized carbons (Fsp3) is 0.385. The molecule has 1 saturated heterocycles. The Labute approximate surface area is 116 Å². The predicted molar refractivity (Wildman–Crippen MR) is 73.3 cm³/mol. The number of halogens is 1. The first kappa shape index (κ1) is 12.4. The summed E-state index contributed by atoms with van der Waals surface area (Å²) in [5.41, 5.74) is 6.98. The number of nitrogens with zero attached hydrogens (tertiary/aromatic N) is 3. The number of hydrogen-bond acceptors (Lipinski definition) is 3. The summed E-state index contributed by atoms with van der Waals surface area (Å²) in [5, 5.41) is 0.256. The van der Waals surface area contributed by atoms with E-state index in [1.54, 1.807) is 15.5 Å². The highest BCUT2D eigenvalue weighted by molar-refractivity contribution is 6.32. The van der Waals surface area contributed by atoms with Gasteiger partial charge in [-0.3, -0.25) is 9.20 Å². The van der Waals surface area contributed by atoms with Crippen molar-refractivity contribution < 1.29 is 4.79 Å². The summed E-state index contributed by atoms with van der Waals surface area (Å²) >= 11 is 6.11. The number of carbonyl (C=O) groups is 1. The van der Waals surface area contributed by atoms with E-state index in [0.29, 0.717) is 24.4 Å². The largest absolute Gasteiger partial charge is 0.337 e. The van der Waals surface area contributed by atoms with Crippen LogP contribution in [0.4, 0.5) is 0 Å². The van der Waals surface area contributed by atoms with E-state index in [4.69, 9.17) is 17.3 Å². The lowest BCUT2D eigenvalue weighted by atomic mass is 10.1. The monoisotopic (exact) mass is 278 g/mol. The van der Waals surface area contributed by atoms with Crippen LogP contribution in [-0.4, -0.2) is 39.3 Å². The Bertz CT molecular complexity index is 616. The number of pyridine rings is 1. The zero-order valence-corrected chi connectivity index (χ0v) is 11.2. The second kappa shape index (κ2) is 4.83. The maximum absolute atomic E-state index is 12.5. The normalized spacial score (nSPS) is 17.1. The number of amides is 1. The SMILES string of the molecule is NC1CCN(C(=O)c2c(Cl)nc3ccccn23)CC1. The molecule has 2 aromatic rings. The Morgan fingerprint density at radius 3 is 2.84 bits per heavy atom. The van der Waals surface area contributed by atoms with Gasteiger partial charge in [-0.2, -0.15) is 0 Å². The first-order valence-electron chi connectivity index (χ1n) is 6.34. The molecule has 3 heterocycles. The van der Waals surface area contributed by atoms with E-state index < -0.39 is 0 Å². The van der Waals surface area contributed by atoms with Gasteiger partial charge in [0.05, 0.1) is 0 Å². The molecule has 0 spiro atoms. The summed E-state index contributed by atoms with van der Waals surface area (Å²) in [6.45, 7) is 1.35. The molecule has 0 bridgehead atoms. The maximum Gasteiger partial charge on any atom is 0.274 e. The number of rotatable bonds is 1. The van der Waals surface area contributed by atoms with Crippen LogP contribution in [0.15, 0.2) is 24.4 Å². The van der Waals surface area contributed by atoms with Gasteiger partial charge < -0.3 is 10.6 Å². The molecule has 2 N–H and O–H groups in total. The van der Waals surface area contributed by atoms with Crippen molar-refractivity contribution in [2.45, 2.75) is 18.9 Å². The second-order valence-electron chi connectivity index (χ2n) is 4.81. The van der Waals surface area contributed by atoms with Gasteiger partial charge in [-0.25, -0.2) is 4.98 Å². The van der Waals surface area contributed by atoms with Crippen LogP contribution in [0, 0.1) is 0 Å². The Balaban J connectivity index is 1.95. The zero-order chi connectivity index (χ0) is 13.4. The van der Waals surface area contributed by atoms with Gasteiger partial charge in [-0.1, -0.05) is 17.7 Å². The Hall–Kier alpha value is -1.59. The van der Waals surface area contributed by atoms with E-state index in [0.717, 1.165) is 12.8 Å². The summed E-state index contributed by atoms with van der Waals surface area (Å²) in [4.78, 5) is 18.5. The predicted octanol–water partition coefficient (Wildman–Crippen LogP) is 1.55. The lowest BCUT2D eigenvalue weighted by Gasteiger charge is -2.30. The van der Waals surface area contributed by atoms with Gasteiger partial charge in [-0.05, 0) is 25.0 Å². The van der Waals surface area contributed by atoms with Crippen LogP contribution in [0.3, 0.4) is 0 Å². The smallest absolute Gasteiger partial charge is 0.274 e. The molecule has 1 amide bonds. The molecular formula is C13H15ClN4O. The molecule has 1 aliphatic rings. The van der Waals surface area contributed by atoms with Gasteiger partial charge in [0.1, 0.15) is 5.65 Å². The molecule has 1 aliphatic heterocycles. The molecule has 1 fully saturated rings. The summed E-state index contributed by atoms with van der Waals surface area (Å²) in [6.07, 6.45) is 3.47. The standard InChI is InChI=1S/C13H15ClN4O/c14-12-11(18-6-2-1-3-10(18)16-12)13(19)17-7-4-9(15)5-8-17/h1-3,6,9H,4-5,7-8,15H2. The van der Waals surface area contributed by atoms with E-state index in [1.807, 2.05) is 18.2 Å². The highest BCUT2D eigenvalue weighted by atomic mass is 35.5. The minimum Gasteiger partial charge on any atom is -0.337 e. The lowest BCUT2D eigenvalue weighted by Crippen LogP contribution is -2.43. The van der Waals surface area contributed by atoms with E-state index in [9.17, 15) is 4.79 Å². The first-order chi connectivity index (χ1) is 9.16. The van der Waals surface area contributed by atoms with Gasteiger partial charge in [0.2, 0.25) is 0 Å². The zero-order valence-electron chi connectivity index (χ0n) is 10.4. The number of aromatic nitrogens is 2. The third-order valence-electron chi connectivity index (χ3n) is 3.52. The molecule has 2 aromatic heterocycles. The minimum absolute atomic E-state index is 0.0735. The Morgan fingerprint density at radius 1 is 1.37 bits per heavy atom. The number of likely N-dealkylation sites (tertiary alicyclic amines) is 1. The molecule has 6 heteroatoms. The minimum atomic E-state index is -0.0735. The average molecular weight is 279 g/mol. The van der Waals surface area contributed by atoms with Crippen LogP contribution in [0.25, 0.3) is 5.65 Å². The summed E-state index contributed by atoms with van der Waals surface area (Å²) in [6, 6.07) is 5.75. The molecule has 19 heavy (non-hydrogen) atoms. The molecule has 0 saturated carbocycles. The van der Waals surface area contributed by atoms with Crippen molar-refractivity contribution in [1.82, 2.24) is 14.3 Å². The van der Waals surface area contributed by atoms with Gasteiger partial charge in [0, 0.05) is 25.3 Å². The van der Waals surface area contributed by atoms with Crippen molar-refractivity contribution in [1.29, 1.82) is 0 Å². The van der Waals surface area contributed by atoms with Crippen molar-refractivity contribution in [2.24, 2.45) is 5.73 Å². The summed E-state index contributed by atoms with van der Waals surface area (Å²) in [5.74, 6) is -0.0735. The molecule has 3 rings (SSSR count). The lowest BCUT2D eigenvalue weighted by molar-refractivity contribution is 0.0708. The number of piperidine rings is 1. The molecule has 0 aromatic carbocycles.